The summed E-state index contributed by atoms with van der Waals surface area (Å²) in [5, 5.41) is -0.404. The minimum absolute atomic E-state index is 0.130. The molecule has 1 unspecified atom stereocenters. The molecule has 3 amide bonds. The molecule has 1 saturated heterocycles. The first-order chi connectivity index (χ1) is 14.5. The fraction of sp³-hybridized carbons (Fsp3) is 0.650. The van der Waals surface area contributed by atoms with Crippen molar-refractivity contribution in [3.8, 4) is 0 Å². The number of hydrogen-bond acceptors (Lipinski definition) is 4. The minimum Gasteiger partial charge on any atom is -0.447 e. The van der Waals surface area contributed by atoms with E-state index < -0.39 is 16.7 Å². The van der Waals surface area contributed by atoms with E-state index >= 15 is 0 Å². The van der Waals surface area contributed by atoms with E-state index in [1.54, 1.807) is 11.0 Å². The van der Waals surface area contributed by atoms with E-state index in [1.165, 1.54) is 12.4 Å². The Labute approximate surface area is 188 Å². The number of likely N-dealkylation sites (tertiary alicyclic amines) is 1. The summed E-state index contributed by atoms with van der Waals surface area (Å²) in [7, 11) is 25.0. The van der Waals surface area contributed by atoms with E-state index in [2.05, 4.69) is 10.3 Å². The van der Waals surface area contributed by atoms with Crippen LogP contribution in [-0.4, -0.2) is 84.0 Å². The van der Waals surface area contributed by atoms with Crippen molar-refractivity contribution in [2.45, 2.75) is 49.9 Å². The second-order valence-electron chi connectivity index (χ2n) is 9.28. The number of ether oxygens (including phenoxy) is 1. The SMILES string of the molecule is [B]C1([B])c2ccncc2C([B])([B])N1C(=O)NCC1CC12CCN(C(=O)OC(C)C)CC2. The fourth-order valence-corrected chi connectivity index (χ4v) is 4.98. The van der Waals surface area contributed by atoms with E-state index in [-0.39, 0.29) is 17.6 Å². The van der Waals surface area contributed by atoms with Crippen LogP contribution in [-0.2, 0) is 15.4 Å². The van der Waals surface area contributed by atoms with Gasteiger partial charge in [-0.1, -0.05) is 0 Å². The maximum atomic E-state index is 13.0. The summed E-state index contributed by atoms with van der Waals surface area (Å²) in [5.74, 6) is 0.321. The van der Waals surface area contributed by atoms with Gasteiger partial charge in [-0.15, -0.1) is 0 Å². The lowest BCUT2D eigenvalue weighted by molar-refractivity contribution is 0.0619. The van der Waals surface area contributed by atoms with Crippen molar-refractivity contribution in [1.82, 2.24) is 20.1 Å². The third-order valence-electron chi connectivity index (χ3n) is 6.84. The number of amides is 3. The molecule has 2 aliphatic heterocycles. The number of aromatic nitrogens is 1. The van der Waals surface area contributed by atoms with Crippen LogP contribution < -0.4 is 5.32 Å². The molecule has 31 heavy (non-hydrogen) atoms. The van der Waals surface area contributed by atoms with Crippen LogP contribution in [0.4, 0.5) is 9.59 Å². The highest BCUT2D eigenvalue weighted by Crippen LogP contribution is 2.59. The van der Waals surface area contributed by atoms with Crippen molar-refractivity contribution in [3.63, 3.8) is 0 Å². The number of piperidine rings is 1. The molecule has 3 aliphatic rings. The Balaban J connectivity index is 1.34. The number of nitrogens with zero attached hydrogens (tertiary/aromatic N) is 3. The first-order valence-corrected chi connectivity index (χ1v) is 10.6. The van der Waals surface area contributed by atoms with Gasteiger partial charge < -0.3 is 19.9 Å². The highest BCUT2D eigenvalue weighted by Gasteiger charge is 2.56. The molecular weight excluding hydrogens is 387 g/mol. The maximum Gasteiger partial charge on any atom is 0.410 e. The number of fused-ring (bicyclic) bond motifs is 1. The number of carbonyl (C=O) groups is 2. The molecule has 11 heteroatoms. The van der Waals surface area contributed by atoms with Gasteiger partial charge in [0.1, 0.15) is 0 Å². The third-order valence-corrected chi connectivity index (χ3v) is 6.84. The summed E-state index contributed by atoms with van der Waals surface area (Å²) in [5.41, 5.74) is 1.02. The van der Waals surface area contributed by atoms with Gasteiger partial charge in [0.15, 0.2) is 0 Å². The molecule has 1 aromatic rings. The molecule has 2 fully saturated rings. The Morgan fingerprint density at radius 1 is 1.19 bits per heavy atom. The van der Waals surface area contributed by atoms with Gasteiger partial charge in [0.2, 0.25) is 0 Å². The number of urea groups is 1. The molecule has 7 nitrogen and oxygen atoms in total. The standard InChI is InChI=1S/C20H24B4N4O3/c1-12(2)31-17(30)27-7-4-18(5-8-27)9-13(18)10-26-16(29)28-19(21,22)14-3-6-25-11-15(14)20(28,23)24/h3,6,11-13H,4-5,7-10H2,1-2H3,(H,26,29). The zero-order chi connectivity index (χ0) is 22.6. The average molecular weight is 412 g/mol. The van der Waals surface area contributed by atoms with Crippen LogP contribution in [0.5, 0.6) is 0 Å². The molecule has 1 aromatic heterocycles. The normalized spacial score (nSPS) is 24.7. The van der Waals surface area contributed by atoms with Gasteiger partial charge in [-0.3, -0.25) is 4.98 Å². The number of pyridine rings is 1. The van der Waals surface area contributed by atoms with Gasteiger partial charge >= 0.3 is 12.1 Å². The minimum atomic E-state index is -1.67. The summed E-state index contributed by atoms with van der Waals surface area (Å²) in [6.07, 6.45) is 5.38. The molecule has 4 rings (SSSR count). The van der Waals surface area contributed by atoms with Gasteiger partial charge in [-0.25, -0.2) is 9.59 Å². The Morgan fingerprint density at radius 3 is 2.45 bits per heavy atom. The van der Waals surface area contributed by atoms with E-state index in [9.17, 15) is 9.59 Å². The summed E-state index contributed by atoms with van der Waals surface area (Å²) in [6.45, 7) is 5.47. The molecule has 1 spiro atoms. The number of rotatable bonds is 3. The number of nitrogens with one attached hydrogen (secondary N) is 1. The van der Waals surface area contributed by atoms with E-state index in [1.807, 2.05) is 13.8 Å². The Kier molecular flexibility index (Phi) is 5.38. The van der Waals surface area contributed by atoms with Crippen LogP contribution in [0.3, 0.4) is 0 Å². The lowest BCUT2D eigenvalue weighted by atomic mass is 9.57. The first-order valence-electron chi connectivity index (χ1n) is 10.6. The Morgan fingerprint density at radius 2 is 1.84 bits per heavy atom. The number of hydrogen-bond donors (Lipinski definition) is 1. The molecule has 1 saturated carbocycles. The summed E-state index contributed by atoms with van der Waals surface area (Å²) < 4.78 is 5.28. The zero-order valence-electron chi connectivity index (χ0n) is 18.0. The van der Waals surface area contributed by atoms with Crippen LogP contribution in [0.25, 0.3) is 0 Å². The van der Waals surface area contributed by atoms with Crippen molar-refractivity contribution in [2.75, 3.05) is 19.6 Å². The van der Waals surface area contributed by atoms with Gasteiger partial charge in [-0.2, -0.15) is 0 Å². The summed E-state index contributed by atoms with van der Waals surface area (Å²) in [6, 6.07) is 1.09. The van der Waals surface area contributed by atoms with Gasteiger partial charge in [0.25, 0.3) is 0 Å². The predicted molar refractivity (Wildman–Crippen MR) is 119 cm³/mol. The molecule has 1 atom stereocenters. The van der Waals surface area contributed by atoms with Gasteiger partial charge in [0, 0.05) is 32.0 Å². The first kappa shape index (κ1) is 22.2. The molecule has 0 aromatic carbocycles. The largest absolute Gasteiger partial charge is 0.447 e. The highest BCUT2D eigenvalue weighted by molar-refractivity contribution is 6.47. The van der Waals surface area contributed by atoms with E-state index in [4.69, 9.17) is 36.1 Å². The second kappa shape index (κ2) is 7.52. The third kappa shape index (κ3) is 3.74. The van der Waals surface area contributed by atoms with Crippen LogP contribution in [0, 0.1) is 11.3 Å². The lowest BCUT2D eigenvalue weighted by Gasteiger charge is -2.43. The predicted octanol–water partition coefficient (Wildman–Crippen LogP) is 0.649. The van der Waals surface area contributed by atoms with Crippen molar-refractivity contribution in [3.05, 3.63) is 29.6 Å². The topological polar surface area (TPSA) is 74.8 Å². The summed E-state index contributed by atoms with van der Waals surface area (Å²) >= 11 is 0. The van der Waals surface area contributed by atoms with Crippen molar-refractivity contribution in [2.24, 2.45) is 11.3 Å². The van der Waals surface area contributed by atoms with Crippen LogP contribution in [0.1, 0.15) is 44.2 Å². The highest BCUT2D eigenvalue weighted by atomic mass is 16.6. The van der Waals surface area contributed by atoms with Crippen LogP contribution in [0.15, 0.2) is 18.5 Å². The van der Waals surface area contributed by atoms with Crippen molar-refractivity contribution < 1.29 is 14.3 Å². The quantitative estimate of drug-likeness (QED) is 0.741. The molecule has 0 bridgehead atoms. The molecule has 1 aliphatic carbocycles. The molecule has 8 radical (unpaired) electrons. The summed E-state index contributed by atoms with van der Waals surface area (Å²) in [4.78, 5) is 31.9. The Bertz CT molecular complexity index is 852. The molecular formula is C20H24B4N4O3. The molecule has 1 N–H and O–H groups in total. The smallest absolute Gasteiger partial charge is 0.410 e. The lowest BCUT2D eigenvalue weighted by Crippen LogP contribution is -2.59. The monoisotopic (exact) mass is 412 g/mol. The number of carbonyl (C=O) groups excluding carboxylic acids is 2. The van der Waals surface area contributed by atoms with Crippen molar-refractivity contribution in [1.29, 1.82) is 0 Å². The zero-order valence-corrected chi connectivity index (χ0v) is 18.0. The van der Waals surface area contributed by atoms with Gasteiger partial charge in [-0.05, 0) is 72.3 Å². The van der Waals surface area contributed by atoms with E-state index in [0.29, 0.717) is 36.7 Å². The Hall–Kier alpha value is -2.05. The second-order valence-corrected chi connectivity index (χ2v) is 9.28. The van der Waals surface area contributed by atoms with E-state index in [0.717, 1.165) is 24.2 Å². The van der Waals surface area contributed by atoms with Crippen LogP contribution >= 0.6 is 0 Å². The molecule has 154 valence electrons. The van der Waals surface area contributed by atoms with Gasteiger partial charge in [0.05, 0.1) is 37.5 Å². The maximum absolute atomic E-state index is 13.0. The fourth-order valence-electron chi connectivity index (χ4n) is 4.98. The van der Waals surface area contributed by atoms with Crippen molar-refractivity contribution >= 4 is 43.5 Å². The molecule has 3 heterocycles. The van der Waals surface area contributed by atoms with Crippen LogP contribution in [0.2, 0.25) is 0 Å². The average Bonchev–Trinajstić information content (AvgIpc) is 3.33.